The molecule has 0 atom stereocenters. The standard InChI is InChI=1S/C15H21FN2O/c1-3-4-5-6-7-15(19)18-17-12(2)13-8-10-14(16)11-9-13/h8-11H,3-7H2,1-2H3,(H,18,19)/b17-12+. The molecule has 0 unspecified atom stereocenters. The molecule has 3 nitrogen and oxygen atoms in total. The van der Waals surface area contributed by atoms with Gasteiger partial charge < -0.3 is 0 Å². The van der Waals surface area contributed by atoms with Crippen LogP contribution in [0.1, 0.15) is 51.5 Å². The number of hydrogen-bond acceptors (Lipinski definition) is 2. The van der Waals surface area contributed by atoms with Crippen LogP contribution in [0.2, 0.25) is 0 Å². The summed E-state index contributed by atoms with van der Waals surface area (Å²) < 4.78 is 12.8. The Morgan fingerprint density at radius 3 is 2.53 bits per heavy atom. The van der Waals surface area contributed by atoms with Crippen LogP contribution in [0, 0.1) is 5.82 Å². The zero-order valence-electron chi connectivity index (χ0n) is 11.6. The Hall–Kier alpha value is -1.71. The van der Waals surface area contributed by atoms with Gasteiger partial charge in [-0.25, -0.2) is 9.82 Å². The molecule has 0 radical (unpaired) electrons. The molecule has 0 fully saturated rings. The fraction of sp³-hybridized carbons (Fsp3) is 0.467. The monoisotopic (exact) mass is 264 g/mol. The molecule has 0 aliphatic rings. The van der Waals surface area contributed by atoms with Crippen molar-refractivity contribution in [1.29, 1.82) is 0 Å². The molecule has 1 N–H and O–H groups in total. The van der Waals surface area contributed by atoms with E-state index in [2.05, 4.69) is 17.5 Å². The zero-order valence-corrected chi connectivity index (χ0v) is 11.6. The van der Waals surface area contributed by atoms with E-state index in [-0.39, 0.29) is 11.7 Å². The molecule has 4 heteroatoms. The van der Waals surface area contributed by atoms with Crippen LogP contribution in [-0.4, -0.2) is 11.6 Å². The highest BCUT2D eigenvalue weighted by molar-refractivity contribution is 5.99. The number of carbonyl (C=O) groups is 1. The number of nitrogens with zero attached hydrogens (tertiary/aromatic N) is 1. The van der Waals surface area contributed by atoms with Gasteiger partial charge in [0.25, 0.3) is 0 Å². The lowest BCUT2D eigenvalue weighted by molar-refractivity contribution is -0.121. The van der Waals surface area contributed by atoms with Crippen LogP contribution in [0.15, 0.2) is 29.4 Å². The van der Waals surface area contributed by atoms with Crippen LogP contribution in [-0.2, 0) is 4.79 Å². The average Bonchev–Trinajstić information content (AvgIpc) is 2.42. The molecular weight excluding hydrogens is 243 g/mol. The third kappa shape index (κ3) is 6.13. The van der Waals surface area contributed by atoms with Gasteiger partial charge in [-0.05, 0) is 31.0 Å². The lowest BCUT2D eigenvalue weighted by atomic mass is 10.1. The van der Waals surface area contributed by atoms with E-state index >= 15 is 0 Å². The Kier molecular flexibility index (Phi) is 6.79. The number of hydrazone groups is 1. The van der Waals surface area contributed by atoms with Gasteiger partial charge >= 0.3 is 0 Å². The van der Waals surface area contributed by atoms with Crippen molar-refractivity contribution < 1.29 is 9.18 Å². The quantitative estimate of drug-likeness (QED) is 0.456. The van der Waals surface area contributed by atoms with Crippen LogP contribution in [0.25, 0.3) is 0 Å². The summed E-state index contributed by atoms with van der Waals surface area (Å²) in [4.78, 5) is 11.5. The van der Waals surface area contributed by atoms with Crippen LogP contribution >= 0.6 is 0 Å². The first-order valence-corrected chi connectivity index (χ1v) is 6.72. The molecule has 1 rings (SSSR count). The second-order valence-electron chi connectivity index (χ2n) is 4.55. The Labute approximate surface area is 113 Å². The van der Waals surface area contributed by atoms with Crippen molar-refractivity contribution >= 4 is 11.6 Å². The van der Waals surface area contributed by atoms with Crippen LogP contribution in [0.3, 0.4) is 0 Å². The number of amides is 1. The maximum absolute atomic E-state index is 12.8. The van der Waals surface area contributed by atoms with Gasteiger partial charge in [-0.1, -0.05) is 38.3 Å². The van der Waals surface area contributed by atoms with E-state index in [0.717, 1.165) is 31.2 Å². The molecule has 0 aromatic heterocycles. The molecule has 0 aliphatic heterocycles. The SMILES string of the molecule is CCCCCCC(=O)N/N=C(\C)c1ccc(F)cc1. The number of hydrogen-bond donors (Lipinski definition) is 1. The smallest absolute Gasteiger partial charge is 0.240 e. The first kappa shape index (κ1) is 15.3. The van der Waals surface area contributed by atoms with Gasteiger partial charge in [0.05, 0.1) is 5.71 Å². The summed E-state index contributed by atoms with van der Waals surface area (Å²) in [5, 5.41) is 4.02. The van der Waals surface area contributed by atoms with Crippen LogP contribution < -0.4 is 5.43 Å². The van der Waals surface area contributed by atoms with E-state index in [4.69, 9.17) is 0 Å². The van der Waals surface area contributed by atoms with E-state index in [0.29, 0.717) is 12.1 Å². The minimum Gasteiger partial charge on any atom is -0.273 e. The highest BCUT2D eigenvalue weighted by Gasteiger charge is 2.01. The van der Waals surface area contributed by atoms with Crippen molar-refractivity contribution in [3.63, 3.8) is 0 Å². The van der Waals surface area contributed by atoms with Gasteiger partial charge in [0.2, 0.25) is 5.91 Å². The summed E-state index contributed by atoms with van der Waals surface area (Å²) in [6.07, 6.45) is 4.78. The van der Waals surface area contributed by atoms with Crippen molar-refractivity contribution in [1.82, 2.24) is 5.43 Å². The molecule has 0 saturated heterocycles. The number of carbonyl (C=O) groups excluding carboxylic acids is 1. The van der Waals surface area contributed by atoms with E-state index < -0.39 is 0 Å². The van der Waals surface area contributed by atoms with Gasteiger partial charge in [0, 0.05) is 6.42 Å². The third-order valence-corrected chi connectivity index (χ3v) is 2.87. The van der Waals surface area contributed by atoms with Gasteiger partial charge in [-0.3, -0.25) is 4.79 Å². The summed E-state index contributed by atoms with van der Waals surface area (Å²) >= 11 is 0. The fourth-order valence-corrected chi connectivity index (χ4v) is 1.67. The van der Waals surface area contributed by atoms with Crippen LogP contribution in [0.4, 0.5) is 4.39 Å². The second-order valence-corrected chi connectivity index (χ2v) is 4.55. The molecule has 19 heavy (non-hydrogen) atoms. The maximum atomic E-state index is 12.8. The predicted molar refractivity (Wildman–Crippen MR) is 75.5 cm³/mol. The molecule has 0 saturated carbocycles. The summed E-state index contributed by atoms with van der Waals surface area (Å²) in [6, 6.07) is 6.03. The summed E-state index contributed by atoms with van der Waals surface area (Å²) in [7, 11) is 0. The number of unbranched alkanes of at least 4 members (excludes halogenated alkanes) is 3. The van der Waals surface area contributed by atoms with Crippen LogP contribution in [0.5, 0.6) is 0 Å². The van der Waals surface area contributed by atoms with Gasteiger partial charge in [0.1, 0.15) is 5.82 Å². The number of benzene rings is 1. The number of nitrogens with one attached hydrogen (secondary N) is 1. The van der Waals surface area contributed by atoms with E-state index in [1.807, 2.05) is 0 Å². The topological polar surface area (TPSA) is 41.5 Å². The van der Waals surface area contributed by atoms with Crippen molar-refractivity contribution in [2.75, 3.05) is 0 Å². The molecule has 0 bridgehead atoms. The molecule has 1 aromatic rings. The van der Waals surface area contributed by atoms with Gasteiger partial charge in [0.15, 0.2) is 0 Å². The molecule has 104 valence electrons. The van der Waals surface area contributed by atoms with Gasteiger partial charge in [-0.15, -0.1) is 0 Å². The van der Waals surface area contributed by atoms with E-state index in [9.17, 15) is 9.18 Å². The molecule has 0 aliphatic carbocycles. The Balaban J connectivity index is 2.38. The molecular formula is C15H21FN2O. The van der Waals surface area contributed by atoms with Gasteiger partial charge in [-0.2, -0.15) is 5.10 Å². The Bertz CT molecular complexity index is 426. The van der Waals surface area contributed by atoms with Crippen molar-refractivity contribution in [2.24, 2.45) is 5.10 Å². The molecule has 1 aromatic carbocycles. The first-order valence-electron chi connectivity index (χ1n) is 6.72. The highest BCUT2D eigenvalue weighted by atomic mass is 19.1. The highest BCUT2D eigenvalue weighted by Crippen LogP contribution is 2.04. The minimum absolute atomic E-state index is 0.0717. The Morgan fingerprint density at radius 2 is 1.89 bits per heavy atom. The normalized spacial score (nSPS) is 11.4. The van der Waals surface area contributed by atoms with Crippen molar-refractivity contribution in [3.05, 3.63) is 35.6 Å². The first-order chi connectivity index (χ1) is 9.13. The summed E-state index contributed by atoms with van der Waals surface area (Å²) in [5.41, 5.74) is 3.99. The largest absolute Gasteiger partial charge is 0.273 e. The van der Waals surface area contributed by atoms with Crippen molar-refractivity contribution in [3.8, 4) is 0 Å². The molecule has 0 spiro atoms. The predicted octanol–water partition coefficient (Wildman–Crippen LogP) is 3.64. The summed E-state index contributed by atoms with van der Waals surface area (Å²) in [6.45, 7) is 3.92. The fourth-order valence-electron chi connectivity index (χ4n) is 1.67. The molecule has 0 heterocycles. The lowest BCUT2D eigenvalue weighted by Gasteiger charge is -2.03. The average molecular weight is 264 g/mol. The number of rotatable bonds is 7. The van der Waals surface area contributed by atoms with Crippen molar-refractivity contribution in [2.45, 2.75) is 46.0 Å². The number of halogens is 1. The van der Waals surface area contributed by atoms with E-state index in [1.54, 1.807) is 19.1 Å². The zero-order chi connectivity index (χ0) is 14.1. The Morgan fingerprint density at radius 1 is 1.21 bits per heavy atom. The maximum Gasteiger partial charge on any atom is 0.240 e. The second kappa shape index (κ2) is 8.40. The molecule has 1 amide bonds. The lowest BCUT2D eigenvalue weighted by Crippen LogP contribution is -2.18. The third-order valence-electron chi connectivity index (χ3n) is 2.87. The minimum atomic E-state index is -0.281. The summed E-state index contributed by atoms with van der Waals surface area (Å²) in [5.74, 6) is -0.353. The van der Waals surface area contributed by atoms with E-state index in [1.165, 1.54) is 12.1 Å².